The van der Waals surface area contributed by atoms with Gasteiger partial charge in [0.2, 0.25) is 5.91 Å². The van der Waals surface area contributed by atoms with Crippen molar-refractivity contribution < 1.29 is 37.8 Å². The molecule has 1 atom stereocenters. The Morgan fingerprint density at radius 3 is 2.23 bits per heavy atom. The first-order valence-corrected chi connectivity index (χ1v) is 10.8. The van der Waals surface area contributed by atoms with Gasteiger partial charge in [-0.3, -0.25) is 4.79 Å². The van der Waals surface area contributed by atoms with E-state index in [1.807, 2.05) is 6.20 Å². The van der Waals surface area contributed by atoms with Crippen molar-refractivity contribution in [3.8, 4) is 0 Å². The van der Waals surface area contributed by atoms with Gasteiger partial charge >= 0.3 is 18.1 Å². The van der Waals surface area contributed by atoms with E-state index in [9.17, 15) is 27.6 Å². The van der Waals surface area contributed by atoms with Crippen LogP contribution in [0.25, 0.3) is 0 Å². The summed E-state index contributed by atoms with van der Waals surface area (Å²) in [5.74, 6) is -2.70. The van der Waals surface area contributed by atoms with E-state index in [-0.39, 0.29) is 5.91 Å². The van der Waals surface area contributed by atoms with Crippen LogP contribution in [0.5, 0.6) is 0 Å². The van der Waals surface area contributed by atoms with E-state index in [0.717, 1.165) is 50.1 Å². The summed E-state index contributed by atoms with van der Waals surface area (Å²) in [7, 11) is 0. The lowest BCUT2D eigenvalue weighted by Gasteiger charge is -2.13. The van der Waals surface area contributed by atoms with E-state index in [1.54, 1.807) is 6.33 Å². The number of carbonyl (C=O) groups excluding carboxylic acids is 1. The number of carboxylic acids is 2. The van der Waals surface area contributed by atoms with Crippen molar-refractivity contribution in [1.82, 2.24) is 15.3 Å². The molecule has 0 fully saturated rings. The number of carbonyl (C=O) groups is 3. The number of hydrogen-bond donors (Lipinski definition) is 5. The summed E-state index contributed by atoms with van der Waals surface area (Å²) in [6.07, 6.45) is 4.04. The number of alkyl halides is 3. The molecule has 1 aromatic heterocycles. The summed E-state index contributed by atoms with van der Waals surface area (Å²) in [5.41, 5.74) is 0.742. The minimum Gasteiger partial charge on any atom is -0.478 e. The molecule has 2 rings (SSSR count). The van der Waals surface area contributed by atoms with Crippen LogP contribution in [-0.2, 0) is 27.0 Å². The molecule has 5 N–H and O–H groups in total. The molecule has 1 heterocycles. The molecule has 0 bridgehead atoms. The predicted octanol–water partition coefficient (Wildman–Crippen LogP) is 3.86. The highest BCUT2D eigenvalue weighted by atomic mass is 19.4. The fourth-order valence-electron chi connectivity index (χ4n) is 2.82. The van der Waals surface area contributed by atoms with Gasteiger partial charge in [0.05, 0.1) is 11.9 Å². The Balaban J connectivity index is 0.000000658. The highest BCUT2D eigenvalue weighted by Gasteiger charge is 2.29. The van der Waals surface area contributed by atoms with Crippen molar-refractivity contribution in [3.63, 3.8) is 0 Å². The number of benzene rings is 1. The second-order valence-corrected chi connectivity index (χ2v) is 7.56. The number of amides is 1. The van der Waals surface area contributed by atoms with Crippen LogP contribution in [-0.4, -0.2) is 50.6 Å². The lowest BCUT2D eigenvalue weighted by molar-refractivity contribution is -0.137. The van der Waals surface area contributed by atoms with Gasteiger partial charge in [0.25, 0.3) is 0 Å². The third-order valence-corrected chi connectivity index (χ3v) is 4.60. The zero-order chi connectivity index (χ0) is 26.3. The summed E-state index contributed by atoms with van der Waals surface area (Å²) < 4.78 is 37.5. The molecule has 2 aromatic rings. The average molecular weight is 499 g/mol. The molecule has 1 aromatic carbocycles. The van der Waals surface area contributed by atoms with E-state index in [0.29, 0.717) is 30.3 Å². The van der Waals surface area contributed by atoms with E-state index in [4.69, 9.17) is 10.2 Å². The highest BCUT2D eigenvalue weighted by molar-refractivity contribution is 5.90. The summed E-state index contributed by atoms with van der Waals surface area (Å²) >= 11 is 0. The monoisotopic (exact) mass is 498 g/mol. The van der Waals surface area contributed by atoms with Gasteiger partial charge in [0, 0.05) is 55.2 Å². The number of nitrogens with zero attached hydrogens (tertiary/aromatic N) is 1. The number of nitrogens with one attached hydrogen (secondary N) is 3. The van der Waals surface area contributed by atoms with Crippen LogP contribution in [0.2, 0.25) is 0 Å². The minimum atomic E-state index is -4.37. The lowest BCUT2D eigenvalue weighted by atomic mass is 10.1. The number of halogens is 3. The number of aromatic amines is 1. The largest absolute Gasteiger partial charge is 0.478 e. The van der Waals surface area contributed by atoms with Crippen molar-refractivity contribution in [1.29, 1.82) is 0 Å². The molecule has 0 aliphatic carbocycles. The second kappa shape index (κ2) is 15.3. The third kappa shape index (κ3) is 14.3. The van der Waals surface area contributed by atoms with Gasteiger partial charge in [0.15, 0.2) is 0 Å². The van der Waals surface area contributed by atoms with Crippen LogP contribution in [0.3, 0.4) is 0 Å². The molecule has 0 spiro atoms. The normalized spacial score (nSPS) is 12.0. The average Bonchev–Trinajstić information content (AvgIpc) is 3.29. The molecular formula is C23H29F3N4O5. The van der Waals surface area contributed by atoms with Gasteiger partial charge in [-0.05, 0) is 44.0 Å². The predicted molar refractivity (Wildman–Crippen MR) is 123 cm³/mol. The minimum absolute atomic E-state index is 0.186. The summed E-state index contributed by atoms with van der Waals surface area (Å²) in [4.78, 5) is 38.0. The maximum Gasteiger partial charge on any atom is 0.416 e. The van der Waals surface area contributed by atoms with Crippen LogP contribution in [0.1, 0.15) is 43.9 Å². The number of imidazole rings is 1. The van der Waals surface area contributed by atoms with Crippen molar-refractivity contribution in [2.24, 2.45) is 0 Å². The van der Waals surface area contributed by atoms with E-state index < -0.39 is 23.7 Å². The van der Waals surface area contributed by atoms with Crippen molar-refractivity contribution in [2.45, 2.75) is 51.2 Å². The quantitative estimate of drug-likeness (QED) is 0.221. The Hall–Kier alpha value is -3.67. The van der Waals surface area contributed by atoms with Crippen LogP contribution < -0.4 is 10.6 Å². The number of unbranched alkanes of at least 4 members (excludes halogenated alkanes) is 1. The third-order valence-electron chi connectivity index (χ3n) is 4.60. The van der Waals surface area contributed by atoms with Gasteiger partial charge < -0.3 is 25.8 Å². The molecule has 12 heteroatoms. The van der Waals surface area contributed by atoms with Crippen LogP contribution >= 0.6 is 0 Å². The van der Waals surface area contributed by atoms with E-state index in [1.165, 1.54) is 12.1 Å². The standard InChI is InChI=1S/C19H25F3N4O.C4H4O4/c1-14(24-11-10-17-12-23-13-25-17)4-2-3-5-18(27)26-16-8-6-15(7-9-16)19(20,21)22;5-3(6)1-2-4(7)8/h6-9,12-14,24H,2-5,10-11H2,1H3,(H,23,25)(H,26,27);1-2H,(H,5,6)(H,7,8)/b;2-1-. The Morgan fingerprint density at radius 2 is 1.71 bits per heavy atom. The van der Waals surface area contributed by atoms with Gasteiger partial charge in [-0.15, -0.1) is 0 Å². The van der Waals surface area contributed by atoms with Gasteiger partial charge in [-0.2, -0.15) is 13.2 Å². The fourth-order valence-corrected chi connectivity index (χ4v) is 2.82. The van der Waals surface area contributed by atoms with E-state index >= 15 is 0 Å². The topological polar surface area (TPSA) is 144 Å². The number of hydrogen-bond acceptors (Lipinski definition) is 5. The Kier molecular flexibility index (Phi) is 12.8. The molecule has 0 aliphatic heterocycles. The molecule has 1 amide bonds. The first kappa shape index (κ1) is 29.4. The summed E-state index contributed by atoms with van der Waals surface area (Å²) in [5, 5.41) is 21.7. The maximum atomic E-state index is 12.5. The first-order valence-electron chi connectivity index (χ1n) is 10.8. The molecule has 0 saturated heterocycles. The summed E-state index contributed by atoms with van der Waals surface area (Å²) in [6, 6.07) is 4.82. The van der Waals surface area contributed by atoms with Crippen molar-refractivity contribution >= 4 is 23.5 Å². The smallest absolute Gasteiger partial charge is 0.416 e. The zero-order valence-corrected chi connectivity index (χ0v) is 19.1. The molecule has 0 aliphatic rings. The summed E-state index contributed by atoms with van der Waals surface area (Å²) in [6.45, 7) is 2.97. The highest BCUT2D eigenvalue weighted by Crippen LogP contribution is 2.29. The Bertz CT molecular complexity index is 929. The van der Waals surface area contributed by atoms with Crippen molar-refractivity contribution in [3.05, 3.63) is 60.2 Å². The Labute approximate surface area is 200 Å². The molecular weight excluding hydrogens is 469 g/mol. The fraction of sp³-hybridized carbons (Fsp3) is 0.391. The molecule has 35 heavy (non-hydrogen) atoms. The van der Waals surface area contributed by atoms with E-state index in [2.05, 4.69) is 27.5 Å². The number of anilines is 1. The SMILES string of the molecule is CC(CCCCC(=O)Nc1ccc(C(F)(F)F)cc1)NCCc1cnc[nH]1.O=C(O)/C=C\C(=O)O. The number of H-pyrrole nitrogens is 1. The number of rotatable bonds is 12. The number of aliphatic carboxylic acids is 2. The number of carboxylic acid groups (broad SMARTS) is 2. The Morgan fingerprint density at radius 1 is 1.09 bits per heavy atom. The molecule has 1 unspecified atom stereocenters. The van der Waals surface area contributed by atoms with Crippen molar-refractivity contribution in [2.75, 3.05) is 11.9 Å². The van der Waals surface area contributed by atoms with Crippen LogP contribution in [0.4, 0.5) is 18.9 Å². The molecule has 0 radical (unpaired) electrons. The van der Waals surface area contributed by atoms with Gasteiger partial charge in [-0.1, -0.05) is 6.42 Å². The zero-order valence-electron chi connectivity index (χ0n) is 19.1. The molecule has 192 valence electrons. The molecule has 0 saturated carbocycles. The van der Waals surface area contributed by atoms with Gasteiger partial charge in [-0.25, -0.2) is 14.6 Å². The lowest BCUT2D eigenvalue weighted by Crippen LogP contribution is -2.28. The first-order chi connectivity index (χ1) is 16.5. The number of aromatic nitrogens is 2. The maximum absolute atomic E-state index is 12.5. The van der Waals surface area contributed by atoms with Crippen LogP contribution in [0.15, 0.2) is 48.9 Å². The van der Waals surface area contributed by atoms with Gasteiger partial charge in [0.1, 0.15) is 0 Å². The van der Waals surface area contributed by atoms with Crippen LogP contribution in [0, 0.1) is 0 Å². The molecule has 9 nitrogen and oxygen atoms in total. The second-order valence-electron chi connectivity index (χ2n) is 7.56.